The monoisotopic (exact) mass is 470 g/mol. The van der Waals surface area contributed by atoms with Crippen LogP contribution >= 0.6 is 0 Å². The third kappa shape index (κ3) is 9.38. The van der Waals surface area contributed by atoms with Gasteiger partial charge in [-0.15, -0.1) is 0 Å². The molecule has 6 nitrogen and oxygen atoms in total. The standard InChI is InChI=1S/C28H46N4O2/c1-23-11-19-31(20-12-23)17-5-3-15-29-27(33)25-7-9-26(10-8-25)28(34)30-16-4-6-18-32-21-13-24(2)14-22-32/h7-10,23-24H,3-6,11-22H2,1-2H3,(H,29,33)(H,30,34). The SMILES string of the molecule is CC1CCN(CCCCNC(=O)c2ccc(C(=O)NCCCCN3CCC(C)CC3)cc2)CC1. The smallest absolute Gasteiger partial charge is 0.251 e. The first-order valence-corrected chi connectivity index (χ1v) is 13.6. The van der Waals surface area contributed by atoms with Gasteiger partial charge in [0.1, 0.15) is 0 Å². The Morgan fingerprint density at radius 3 is 1.38 bits per heavy atom. The predicted molar refractivity (Wildman–Crippen MR) is 139 cm³/mol. The van der Waals surface area contributed by atoms with Crippen LogP contribution in [-0.2, 0) is 0 Å². The maximum absolute atomic E-state index is 12.4. The largest absolute Gasteiger partial charge is 0.352 e. The highest BCUT2D eigenvalue weighted by Crippen LogP contribution is 2.17. The van der Waals surface area contributed by atoms with Crippen molar-refractivity contribution in [2.45, 2.75) is 65.2 Å². The lowest BCUT2D eigenvalue weighted by atomic mass is 9.99. The van der Waals surface area contributed by atoms with Gasteiger partial charge in [0.05, 0.1) is 0 Å². The number of hydrogen-bond donors (Lipinski definition) is 2. The van der Waals surface area contributed by atoms with Crippen molar-refractivity contribution < 1.29 is 9.59 Å². The van der Waals surface area contributed by atoms with Gasteiger partial charge < -0.3 is 20.4 Å². The topological polar surface area (TPSA) is 64.7 Å². The minimum atomic E-state index is -0.0640. The Hall–Kier alpha value is -1.92. The number of likely N-dealkylation sites (tertiary alicyclic amines) is 2. The second-order valence-corrected chi connectivity index (χ2v) is 10.6. The van der Waals surface area contributed by atoms with E-state index in [0.717, 1.165) is 50.6 Å². The van der Waals surface area contributed by atoms with Crippen LogP contribution in [0.25, 0.3) is 0 Å². The van der Waals surface area contributed by atoms with Gasteiger partial charge in [-0.05, 0) is 127 Å². The van der Waals surface area contributed by atoms with E-state index in [4.69, 9.17) is 0 Å². The number of carbonyl (C=O) groups excluding carboxylic acids is 2. The molecule has 34 heavy (non-hydrogen) atoms. The van der Waals surface area contributed by atoms with E-state index in [9.17, 15) is 9.59 Å². The molecule has 1 aromatic carbocycles. The van der Waals surface area contributed by atoms with E-state index in [1.807, 2.05) is 0 Å². The molecule has 2 saturated heterocycles. The van der Waals surface area contributed by atoms with E-state index < -0.39 is 0 Å². The van der Waals surface area contributed by atoms with Crippen molar-refractivity contribution >= 4 is 11.8 Å². The molecule has 2 amide bonds. The molecule has 0 atom stereocenters. The Morgan fingerprint density at radius 2 is 1.03 bits per heavy atom. The fourth-order valence-corrected chi connectivity index (χ4v) is 4.87. The fraction of sp³-hybridized carbons (Fsp3) is 0.714. The van der Waals surface area contributed by atoms with Crippen LogP contribution in [0.3, 0.4) is 0 Å². The van der Waals surface area contributed by atoms with Crippen LogP contribution in [0, 0.1) is 11.8 Å². The molecule has 0 aliphatic carbocycles. The van der Waals surface area contributed by atoms with Crippen LogP contribution in [0.1, 0.15) is 85.9 Å². The number of rotatable bonds is 12. The summed E-state index contributed by atoms with van der Waals surface area (Å²) in [6.45, 7) is 13.2. The van der Waals surface area contributed by atoms with Crippen molar-refractivity contribution in [2.24, 2.45) is 11.8 Å². The van der Waals surface area contributed by atoms with E-state index in [1.165, 1.54) is 51.9 Å². The van der Waals surface area contributed by atoms with Gasteiger partial charge >= 0.3 is 0 Å². The number of nitrogens with one attached hydrogen (secondary N) is 2. The summed E-state index contributed by atoms with van der Waals surface area (Å²) in [6.07, 6.45) is 9.46. The average molecular weight is 471 g/mol. The van der Waals surface area contributed by atoms with Gasteiger partial charge in [0, 0.05) is 24.2 Å². The molecule has 0 saturated carbocycles. The lowest BCUT2D eigenvalue weighted by Crippen LogP contribution is -2.34. The van der Waals surface area contributed by atoms with Gasteiger partial charge in [0.25, 0.3) is 11.8 Å². The fourth-order valence-electron chi connectivity index (χ4n) is 4.87. The molecule has 1 aromatic rings. The van der Waals surface area contributed by atoms with E-state index in [0.29, 0.717) is 24.2 Å². The van der Waals surface area contributed by atoms with E-state index in [-0.39, 0.29) is 11.8 Å². The molecular weight excluding hydrogens is 424 g/mol. The number of nitrogens with zero attached hydrogens (tertiary/aromatic N) is 2. The Balaban J connectivity index is 1.24. The highest BCUT2D eigenvalue weighted by molar-refractivity contribution is 5.97. The second kappa shape index (κ2) is 14.5. The molecule has 2 N–H and O–H groups in total. The summed E-state index contributed by atoms with van der Waals surface area (Å²) >= 11 is 0. The molecule has 3 rings (SSSR count). The summed E-state index contributed by atoms with van der Waals surface area (Å²) in [4.78, 5) is 29.9. The molecule has 190 valence electrons. The molecule has 2 aliphatic rings. The Bertz CT molecular complexity index is 672. The quantitative estimate of drug-likeness (QED) is 0.450. The molecule has 2 heterocycles. The lowest BCUT2D eigenvalue weighted by molar-refractivity contribution is 0.0940. The zero-order chi connectivity index (χ0) is 24.2. The van der Waals surface area contributed by atoms with Gasteiger partial charge in [-0.1, -0.05) is 13.8 Å². The zero-order valence-electron chi connectivity index (χ0n) is 21.5. The Morgan fingerprint density at radius 1 is 0.676 bits per heavy atom. The Kier molecular flexibility index (Phi) is 11.4. The second-order valence-electron chi connectivity index (χ2n) is 10.6. The van der Waals surface area contributed by atoms with Crippen molar-refractivity contribution in [2.75, 3.05) is 52.4 Å². The van der Waals surface area contributed by atoms with Gasteiger partial charge in [-0.3, -0.25) is 9.59 Å². The first kappa shape index (κ1) is 26.7. The van der Waals surface area contributed by atoms with Crippen LogP contribution in [0.5, 0.6) is 0 Å². The number of benzene rings is 1. The maximum atomic E-state index is 12.4. The first-order valence-electron chi connectivity index (χ1n) is 13.6. The van der Waals surface area contributed by atoms with Crippen LogP contribution in [-0.4, -0.2) is 74.0 Å². The summed E-state index contributed by atoms with van der Waals surface area (Å²) < 4.78 is 0. The maximum Gasteiger partial charge on any atom is 0.251 e. The normalized spacial score (nSPS) is 18.6. The molecular formula is C28H46N4O2. The minimum Gasteiger partial charge on any atom is -0.352 e. The highest BCUT2D eigenvalue weighted by Gasteiger charge is 2.16. The third-order valence-electron chi connectivity index (χ3n) is 7.54. The lowest BCUT2D eigenvalue weighted by Gasteiger charge is -2.30. The average Bonchev–Trinajstić information content (AvgIpc) is 2.85. The molecule has 6 heteroatoms. The zero-order valence-corrected chi connectivity index (χ0v) is 21.5. The third-order valence-corrected chi connectivity index (χ3v) is 7.54. The molecule has 0 aromatic heterocycles. The molecule has 0 radical (unpaired) electrons. The van der Waals surface area contributed by atoms with Gasteiger partial charge in [0.2, 0.25) is 0 Å². The highest BCUT2D eigenvalue weighted by atomic mass is 16.2. The van der Waals surface area contributed by atoms with Crippen LogP contribution in [0.15, 0.2) is 24.3 Å². The molecule has 0 spiro atoms. The summed E-state index contributed by atoms with van der Waals surface area (Å²) in [6, 6.07) is 6.99. The summed E-state index contributed by atoms with van der Waals surface area (Å²) in [5, 5.41) is 6.02. The van der Waals surface area contributed by atoms with Crippen molar-refractivity contribution in [3.05, 3.63) is 35.4 Å². The number of amides is 2. The van der Waals surface area contributed by atoms with E-state index >= 15 is 0 Å². The van der Waals surface area contributed by atoms with E-state index in [2.05, 4.69) is 34.3 Å². The molecule has 2 aliphatic heterocycles. The van der Waals surface area contributed by atoms with Crippen molar-refractivity contribution in [1.29, 1.82) is 0 Å². The number of hydrogen-bond acceptors (Lipinski definition) is 4. The number of unbranched alkanes of at least 4 members (excludes halogenated alkanes) is 2. The predicted octanol–water partition coefficient (Wildman–Crippen LogP) is 4.17. The molecule has 0 unspecified atom stereocenters. The van der Waals surface area contributed by atoms with Crippen LogP contribution < -0.4 is 10.6 Å². The van der Waals surface area contributed by atoms with Crippen molar-refractivity contribution in [3.63, 3.8) is 0 Å². The van der Waals surface area contributed by atoms with Gasteiger partial charge in [0.15, 0.2) is 0 Å². The van der Waals surface area contributed by atoms with Gasteiger partial charge in [-0.2, -0.15) is 0 Å². The van der Waals surface area contributed by atoms with Gasteiger partial charge in [-0.25, -0.2) is 0 Å². The molecule has 0 bridgehead atoms. The summed E-state index contributed by atoms with van der Waals surface area (Å²) in [5.74, 6) is 1.61. The first-order chi connectivity index (χ1) is 16.5. The summed E-state index contributed by atoms with van der Waals surface area (Å²) in [7, 11) is 0. The van der Waals surface area contributed by atoms with E-state index in [1.54, 1.807) is 24.3 Å². The number of piperidine rings is 2. The molecule has 2 fully saturated rings. The Labute approximate surface area is 206 Å². The summed E-state index contributed by atoms with van der Waals surface area (Å²) in [5.41, 5.74) is 1.22. The van der Waals surface area contributed by atoms with Crippen LogP contribution in [0.2, 0.25) is 0 Å². The minimum absolute atomic E-state index is 0.0640. The number of carbonyl (C=O) groups is 2. The van der Waals surface area contributed by atoms with Crippen molar-refractivity contribution in [3.8, 4) is 0 Å². The van der Waals surface area contributed by atoms with Crippen LogP contribution in [0.4, 0.5) is 0 Å². The van der Waals surface area contributed by atoms with Crippen molar-refractivity contribution in [1.82, 2.24) is 20.4 Å².